The van der Waals surface area contributed by atoms with Gasteiger partial charge in [0.2, 0.25) is 0 Å². The number of hydrogen-bond donors (Lipinski definition) is 1. The monoisotopic (exact) mass is 319 g/mol. The van der Waals surface area contributed by atoms with Gasteiger partial charge in [-0.25, -0.2) is 0 Å². The first-order valence-corrected chi connectivity index (χ1v) is 8.50. The van der Waals surface area contributed by atoms with Gasteiger partial charge in [-0.15, -0.1) is 0 Å². The number of H-pyrrole nitrogens is 1. The lowest BCUT2D eigenvalue weighted by Crippen LogP contribution is -2.38. The second kappa shape index (κ2) is 6.11. The summed E-state index contributed by atoms with van der Waals surface area (Å²) in [4.78, 5) is 22.1. The van der Waals surface area contributed by atoms with Crippen molar-refractivity contribution in [3.05, 3.63) is 65.6 Å². The van der Waals surface area contributed by atoms with E-state index in [1.54, 1.807) is 12.4 Å². The van der Waals surface area contributed by atoms with Crippen LogP contribution in [-0.2, 0) is 0 Å². The van der Waals surface area contributed by atoms with Gasteiger partial charge in [0, 0.05) is 42.1 Å². The number of aryl methyl sites for hydroxylation is 1. The third-order valence-electron chi connectivity index (χ3n) is 5.04. The molecule has 1 fully saturated rings. The quantitative estimate of drug-likeness (QED) is 0.779. The summed E-state index contributed by atoms with van der Waals surface area (Å²) in [7, 11) is 0. The van der Waals surface area contributed by atoms with E-state index in [1.165, 1.54) is 22.2 Å². The second-order valence-corrected chi connectivity index (χ2v) is 6.52. The average Bonchev–Trinajstić information content (AvgIpc) is 2.98. The van der Waals surface area contributed by atoms with Crippen LogP contribution in [0.2, 0.25) is 0 Å². The number of hydrogen-bond acceptors (Lipinski definition) is 2. The molecule has 0 unspecified atom stereocenters. The van der Waals surface area contributed by atoms with Crippen LogP contribution in [0.1, 0.15) is 40.4 Å². The summed E-state index contributed by atoms with van der Waals surface area (Å²) in [6.07, 6.45) is 5.37. The molecule has 4 rings (SSSR count). The molecule has 1 N–H and O–H groups in total. The van der Waals surface area contributed by atoms with Crippen LogP contribution in [0, 0.1) is 6.92 Å². The number of nitrogens with zero attached hydrogens (tertiary/aromatic N) is 2. The molecule has 3 heterocycles. The third-order valence-corrected chi connectivity index (χ3v) is 5.04. The van der Waals surface area contributed by atoms with Crippen molar-refractivity contribution in [2.75, 3.05) is 13.1 Å². The number of amides is 1. The van der Waals surface area contributed by atoms with Crippen molar-refractivity contribution >= 4 is 16.8 Å². The van der Waals surface area contributed by atoms with Gasteiger partial charge in [0.1, 0.15) is 0 Å². The van der Waals surface area contributed by atoms with Crippen molar-refractivity contribution < 1.29 is 4.79 Å². The van der Waals surface area contributed by atoms with Crippen LogP contribution in [-0.4, -0.2) is 33.9 Å². The first-order chi connectivity index (χ1) is 11.7. The van der Waals surface area contributed by atoms with Crippen LogP contribution in [0.3, 0.4) is 0 Å². The molecule has 0 aliphatic carbocycles. The highest BCUT2D eigenvalue weighted by Gasteiger charge is 2.27. The number of nitrogens with one attached hydrogen (secondary N) is 1. The molecule has 0 spiro atoms. The maximum absolute atomic E-state index is 12.6. The number of aromatic nitrogens is 2. The maximum Gasteiger partial charge on any atom is 0.255 e. The molecule has 0 radical (unpaired) electrons. The molecular weight excluding hydrogens is 298 g/mol. The summed E-state index contributed by atoms with van der Waals surface area (Å²) in [5.74, 6) is 0.608. The molecule has 0 bridgehead atoms. The number of pyridine rings is 1. The Morgan fingerprint density at radius 3 is 2.71 bits per heavy atom. The molecule has 2 aromatic heterocycles. The minimum atomic E-state index is 0.0946. The zero-order chi connectivity index (χ0) is 16.5. The number of aromatic amines is 1. The lowest BCUT2D eigenvalue weighted by atomic mass is 9.87. The molecule has 122 valence electrons. The molecule has 1 aliphatic rings. The lowest BCUT2D eigenvalue weighted by Gasteiger charge is -2.32. The molecule has 1 saturated heterocycles. The molecule has 4 heteroatoms. The molecule has 1 amide bonds. The largest absolute Gasteiger partial charge is 0.358 e. The van der Waals surface area contributed by atoms with Gasteiger partial charge >= 0.3 is 0 Å². The Kier molecular flexibility index (Phi) is 3.81. The molecule has 4 nitrogen and oxygen atoms in total. The van der Waals surface area contributed by atoms with Crippen LogP contribution >= 0.6 is 0 Å². The smallest absolute Gasteiger partial charge is 0.255 e. The number of likely N-dealkylation sites (tertiary alicyclic amines) is 1. The number of carbonyl (C=O) groups is 1. The molecule has 1 aliphatic heterocycles. The molecule has 3 aromatic rings. The van der Waals surface area contributed by atoms with E-state index in [-0.39, 0.29) is 5.91 Å². The van der Waals surface area contributed by atoms with E-state index in [1.807, 2.05) is 17.0 Å². The summed E-state index contributed by atoms with van der Waals surface area (Å²) in [5, 5.41) is 1.33. The molecule has 0 atom stereocenters. The van der Waals surface area contributed by atoms with Crippen LogP contribution in [0.5, 0.6) is 0 Å². The van der Waals surface area contributed by atoms with Gasteiger partial charge < -0.3 is 9.88 Å². The number of para-hydroxylation sites is 1. The van der Waals surface area contributed by atoms with Crippen molar-refractivity contribution in [1.82, 2.24) is 14.9 Å². The average molecular weight is 319 g/mol. The van der Waals surface area contributed by atoms with Crippen molar-refractivity contribution in [1.29, 1.82) is 0 Å². The predicted octanol–water partition coefficient (Wildman–Crippen LogP) is 3.89. The van der Waals surface area contributed by atoms with Crippen LogP contribution in [0.25, 0.3) is 10.9 Å². The van der Waals surface area contributed by atoms with Crippen molar-refractivity contribution in [3.8, 4) is 0 Å². The molecule has 1 aromatic carbocycles. The minimum absolute atomic E-state index is 0.0946. The van der Waals surface area contributed by atoms with Crippen LogP contribution < -0.4 is 0 Å². The van der Waals surface area contributed by atoms with Crippen molar-refractivity contribution in [2.24, 2.45) is 0 Å². The number of carbonyl (C=O) groups excluding carboxylic acids is 1. The minimum Gasteiger partial charge on any atom is -0.358 e. The van der Waals surface area contributed by atoms with Gasteiger partial charge in [0.15, 0.2) is 0 Å². The van der Waals surface area contributed by atoms with E-state index in [2.05, 4.69) is 41.2 Å². The van der Waals surface area contributed by atoms with Crippen molar-refractivity contribution in [2.45, 2.75) is 25.7 Å². The first kappa shape index (κ1) is 14.9. The SMILES string of the molecule is Cc1[nH]c2ccccc2c1C1CCN(C(=O)c2cccnc2)CC1. The number of fused-ring (bicyclic) bond motifs is 1. The van der Waals surface area contributed by atoms with E-state index in [9.17, 15) is 4.79 Å². The van der Waals surface area contributed by atoms with Gasteiger partial charge in [-0.05, 0) is 49.4 Å². The topological polar surface area (TPSA) is 49.0 Å². The van der Waals surface area contributed by atoms with E-state index in [4.69, 9.17) is 0 Å². The predicted molar refractivity (Wildman–Crippen MR) is 95.2 cm³/mol. The Labute approximate surface area is 141 Å². The highest BCUT2D eigenvalue weighted by Crippen LogP contribution is 2.35. The third kappa shape index (κ3) is 2.58. The Balaban J connectivity index is 1.52. The Morgan fingerprint density at radius 1 is 1.17 bits per heavy atom. The highest BCUT2D eigenvalue weighted by molar-refractivity contribution is 5.94. The zero-order valence-corrected chi connectivity index (χ0v) is 13.8. The Hall–Kier alpha value is -2.62. The fourth-order valence-electron chi connectivity index (χ4n) is 3.87. The number of rotatable bonds is 2. The molecule has 24 heavy (non-hydrogen) atoms. The van der Waals surface area contributed by atoms with Gasteiger partial charge in [-0.3, -0.25) is 9.78 Å². The fraction of sp³-hybridized carbons (Fsp3) is 0.300. The normalized spacial score (nSPS) is 15.8. The second-order valence-electron chi connectivity index (χ2n) is 6.52. The summed E-state index contributed by atoms with van der Waals surface area (Å²) in [5.41, 5.74) is 4.57. The molecule has 0 saturated carbocycles. The van der Waals surface area contributed by atoms with Gasteiger partial charge in [0.25, 0.3) is 5.91 Å². The standard InChI is InChI=1S/C20H21N3O/c1-14-19(17-6-2-3-7-18(17)22-14)15-8-11-23(12-9-15)20(24)16-5-4-10-21-13-16/h2-7,10,13,15,22H,8-9,11-12H2,1H3. The Bertz CT molecular complexity index is 861. The van der Waals surface area contributed by atoms with Crippen LogP contribution in [0.15, 0.2) is 48.8 Å². The summed E-state index contributed by atoms with van der Waals surface area (Å²) in [6, 6.07) is 12.1. The van der Waals surface area contributed by atoms with E-state index in [0.717, 1.165) is 25.9 Å². The van der Waals surface area contributed by atoms with E-state index >= 15 is 0 Å². The van der Waals surface area contributed by atoms with Gasteiger partial charge in [-0.1, -0.05) is 18.2 Å². The lowest BCUT2D eigenvalue weighted by molar-refractivity contribution is 0.0713. The summed E-state index contributed by atoms with van der Waals surface area (Å²) < 4.78 is 0. The van der Waals surface area contributed by atoms with E-state index in [0.29, 0.717) is 11.5 Å². The molecular formula is C20H21N3O. The van der Waals surface area contributed by atoms with Crippen molar-refractivity contribution in [3.63, 3.8) is 0 Å². The fourth-order valence-corrected chi connectivity index (χ4v) is 3.87. The number of benzene rings is 1. The van der Waals surface area contributed by atoms with E-state index < -0.39 is 0 Å². The number of piperidine rings is 1. The Morgan fingerprint density at radius 2 is 1.96 bits per heavy atom. The summed E-state index contributed by atoms with van der Waals surface area (Å²) in [6.45, 7) is 3.76. The first-order valence-electron chi connectivity index (χ1n) is 8.50. The zero-order valence-electron chi connectivity index (χ0n) is 13.8. The van der Waals surface area contributed by atoms with Crippen LogP contribution in [0.4, 0.5) is 0 Å². The maximum atomic E-state index is 12.6. The van der Waals surface area contributed by atoms with Gasteiger partial charge in [0.05, 0.1) is 5.56 Å². The highest BCUT2D eigenvalue weighted by atomic mass is 16.2. The van der Waals surface area contributed by atoms with Gasteiger partial charge in [-0.2, -0.15) is 0 Å². The summed E-state index contributed by atoms with van der Waals surface area (Å²) >= 11 is 0.